The van der Waals surface area contributed by atoms with Gasteiger partial charge in [-0.25, -0.2) is 9.78 Å². The highest BCUT2D eigenvalue weighted by Crippen LogP contribution is 2.41. The molecule has 0 amide bonds. The maximum absolute atomic E-state index is 11.6. The molecule has 32 heavy (non-hydrogen) atoms. The minimum atomic E-state index is -1.69. The minimum Gasteiger partial charge on any atom is -0.479 e. The van der Waals surface area contributed by atoms with E-state index in [4.69, 9.17) is 4.74 Å². The van der Waals surface area contributed by atoms with E-state index in [1.807, 2.05) is 25.2 Å². The third kappa shape index (κ3) is 3.28. The molecule has 2 fully saturated rings. The fourth-order valence-corrected chi connectivity index (χ4v) is 5.46. The zero-order chi connectivity index (χ0) is 22.6. The van der Waals surface area contributed by atoms with Crippen molar-refractivity contribution in [2.45, 2.75) is 43.1 Å². The predicted octanol–water partition coefficient (Wildman–Crippen LogP) is -0.114. The van der Waals surface area contributed by atoms with Gasteiger partial charge in [0.05, 0.1) is 20.1 Å². The number of benzene rings is 1. The van der Waals surface area contributed by atoms with Gasteiger partial charge >= 0.3 is 5.97 Å². The standard InChI is InChI=1S/C23H27N3O6/c1-26(22-19(29)17(27)18(28)20(32-22)23(30)31)10-9-25-16(12-26)15-7-3-2-5-13(15)11-14-6-4-8-24-21(14)25/h2-8,16-20,22,27-29H,9-12H2,1H3/p+1/t16?,17?,18-,19?,20?,22+,26?/m0/s1. The van der Waals surface area contributed by atoms with Crippen molar-refractivity contribution in [3.63, 3.8) is 0 Å². The summed E-state index contributed by atoms with van der Waals surface area (Å²) in [6.07, 6.45) is -4.75. The van der Waals surface area contributed by atoms with Crippen molar-refractivity contribution in [1.29, 1.82) is 0 Å². The lowest BCUT2D eigenvalue weighted by Crippen LogP contribution is -2.72. The highest BCUT2D eigenvalue weighted by atomic mass is 16.6. The number of fused-ring (bicyclic) bond motifs is 5. The van der Waals surface area contributed by atoms with Crippen molar-refractivity contribution < 1.29 is 34.4 Å². The van der Waals surface area contributed by atoms with Gasteiger partial charge in [0, 0.05) is 12.6 Å². The number of hydrogen-bond donors (Lipinski definition) is 4. The van der Waals surface area contributed by atoms with E-state index in [0.717, 1.165) is 23.4 Å². The molecule has 5 unspecified atom stereocenters. The van der Waals surface area contributed by atoms with Crippen molar-refractivity contribution in [2.75, 3.05) is 31.6 Å². The molecule has 0 saturated carbocycles. The van der Waals surface area contributed by atoms with E-state index in [1.54, 1.807) is 6.20 Å². The molecule has 0 spiro atoms. The molecule has 9 nitrogen and oxygen atoms in total. The molecule has 0 aliphatic carbocycles. The Hall–Kier alpha value is -2.56. The topological polar surface area (TPSA) is 123 Å². The molecular formula is C23H28N3O6+. The number of aliphatic hydroxyl groups is 3. The van der Waals surface area contributed by atoms with E-state index in [1.165, 1.54) is 5.56 Å². The Balaban J connectivity index is 1.53. The number of aromatic nitrogens is 1. The lowest BCUT2D eigenvalue weighted by Gasteiger charge is -2.53. The number of carboxylic acid groups (broad SMARTS) is 1. The Kier molecular flexibility index (Phi) is 5.18. The van der Waals surface area contributed by atoms with Gasteiger partial charge < -0.3 is 30.1 Å². The van der Waals surface area contributed by atoms with Gasteiger partial charge in [0.1, 0.15) is 30.6 Å². The summed E-state index contributed by atoms with van der Waals surface area (Å²) < 4.78 is 5.93. The van der Waals surface area contributed by atoms with Crippen LogP contribution in [-0.4, -0.2) is 93.2 Å². The smallest absolute Gasteiger partial charge is 0.335 e. The number of likely N-dealkylation sites (N-methyl/N-ethyl adjacent to an activating group) is 1. The van der Waals surface area contributed by atoms with Gasteiger partial charge in [-0.15, -0.1) is 0 Å². The summed E-state index contributed by atoms with van der Waals surface area (Å²) in [7, 11) is 1.90. The number of aliphatic carboxylic acids is 1. The van der Waals surface area contributed by atoms with Crippen LogP contribution in [0.3, 0.4) is 0 Å². The Morgan fingerprint density at radius 3 is 2.62 bits per heavy atom. The Morgan fingerprint density at radius 2 is 1.84 bits per heavy atom. The highest BCUT2D eigenvalue weighted by molar-refractivity contribution is 5.73. The van der Waals surface area contributed by atoms with Crippen molar-refractivity contribution in [3.8, 4) is 0 Å². The molecule has 2 saturated heterocycles. The number of nitrogens with zero attached hydrogens (tertiary/aromatic N) is 3. The summed E-state index contributed by atoms with van der Waals surface area (Å²) in [6.45, 7) is 1.68. The van der Waals surface area contributed by atoms with E-state index in [2.05, 4.69) is 28.1 Å². The Bertz CT molecular complexity index is 1030. The number of ether oxygens (including phenoxy) is 1. The third-order valence-corrected chi connectivity index (χ3v) is 7.20. The highest BCUT2D eigenvalue weighted by Gasteiger charge is 2.56. The number of pyridine rings is 1. The molecule has 3 aliphatic rings. The zero-order valence-electron chi connectivity index (χ0n) is 17.8. The van der Waals surface area contributed by atoms with E-state index in [0.29, 0.717) is 19.6 Å². The van der Waals surface area contributed by atoms with Crippen LogP contribution >= 0.6 is 0 Å². The first-order chi connectivity index (χ1) is 15.3. The van der Waals surface area contributed by atoms with E-state index in [9.17, 15) is 25.2 Å². The van der Waals surface area contributed by atoms with Crippen molar-refractivity contribution >= 4 is 11.8 Å². The molecular weight excluding hydrogens is 414 g/mol. The average molecular weight is 442 g/mol. The lowest BCUT2D eigenvalue weighted by atomic mass is 9.92. The normalized spacial score (nSPS) is 36.4. The van der Waals surface area contributed by atoms with Crippen molar-refractivity contribution in [1.82, 2.24) is 4.98 Å². The molecule has 0 radical (unpaired) electrons. The summed E-state index contributed by atoms with van der Waals surface area (Å²) in [6, 6.07) is 12.2. The average Bonchev–Trinajstić information content (AvgIpc) is 2.91. The molecule has 9 heteroatoms. The zero-order valence-corrected chi connectivity index (χ0v) is 17.8. The van der Waals surface area contributed by atoms with Gasteiger partial charge in [0.15, 0.2) is 12.2 Å². The SMILES string of the molecule is C[N+]1([C@@H]2OC(C(=O)O)[C@@H](O)C(O)C2O)CCN2c3ncccc3Cc3ccccc3C2C1. The molecule has 4 heterocycles. The molecule has 170 valence electrons. The summed E-state index contributed by atoms with van der Waals surface area (Å²) in [5, 5.41) is 40.7. The van der Waals surface area contributed by atoms with Gasteiger partial charge in [0.25, 0.3) is 0 Å². The second-order valence-corrected chi connectivity index (χ2v) is 9.21. The van der Waals surface area contributed by atoms with E-state index < -0.39 is 36.6 Å². The van der Waals surface area contributed by atoms with Crippen LogP contribution < -0.4 is 4.90 Å². The Morgan fingerprint density at radius 1 is 1.09 bits per heavy atom. The van der Waals surface area contributed by atoms with Gasteiger partial charge in [-0.3, -0.25) is 4.48 Å². The van der Waals surface area contributed by atoms with Crippen LogP contribution in [-0.2, 0) is 16.0 Å². The molecule has 7 atom stereocenters. The number of anilines is 1. The van der Waals surface area contributed by atoms with Crippen LogP contribution in [0.15, 0.2) is 42.6 Å². The van der Waals surface area contributed by atoms with E-state index in [-0.39, 0.29) is 10.5 Å². The summed E-state index contributed by atoms with van der Waals surface area (Å²) >= 11 is 0. The third-order valence-electron chi connectivity index (χ3n) is 7.20. The van der Waals surface area contributed by atoms with Crippen LogP contribution in [0.1, 0.15) is 22.7 Å². The number of rotatable bonds is 2. The predicted molar refractivity (Wildman–Crippen MR) is 114 cm³/mol. The van der Waals surface area contributed by atoms with Gasteiger partial charge in [-0.1, -0.05) is 30.3 Å². The summed E-state index contributed by atoms with van der Waals surface area (Å²) in [5.74, 6) is -0.430. The second-order valence-electron chi connectivity index (χ2n) is 9.21. The maximum atomic E-state index is 11.6. The number of aliphatic hydroxyl groups excluding tert-OH is 3. The van der Waals surface area contributed by atoms with Crippen molar-refractivity contribution in [3.05, 3.63) is 59.3 Å². The van der Waals surface area contributed by atoms with Crippen LogP contribution in [0.4, 0.5) is 5.82 Å². The van der Waals surface area contributed by atoms with Crippen LogP contribution in [0.2, 0.25) is 0 Å². The molecule has 0 bridgehead atoms. The lowest BCUT2D eigenvalue weighted by molar-refractivity contribution is -0.964. The minimum absolute atomic E-state index is 0.0656. The number of carbonyl (C=O) groups is 1. The van der Waals surface area contributed by atoms with Crippen LogP contribution in [0.5, 0.6) is 0 Å². The number of carboxylic acids is 1. The Labute approximate surface area is 185 Å². The number of quaternary nitrogens is 1. The van der Waals surface area contributed by atoms with E-state index >= 15 is 0 Å². The summed E-state index contributed by atoms with van der Waals surface area (Å²) in [5.41, 5.74) is 3.51. The number of hydrogen-bond acceptors (Lipinski definition) is 7. The fourth-order valence-electron chi connectivity index (χ4n) is 5.46. The first kappa shape index (κ1) is 21.3. The molecule has 2 aromatic rings. The maximum Gasteiger partial charge on any atom is 0.335 e. The first-order valence-electron chi connectivity index (χ1n) is 10.9. The first-order valence-corrected chi connectivity index (χ1v) is 10.9. The van der Waals surface area contributed by atoms with Gasteiger partial charge in [0.2, 0.25) is 6.23 Å². The summed E-state index contributed by atoms with van der Waals surface area (Å²) in [4.78, 5) is 18.6. The molecule has 5 rings (SSSR count). The fraction of sp³-hybridized carbons (Fsp3) is 0.478. The van der Waals surface area contributed by atoms with Crippen LogP contribution in [0.25, 0.3) is 0 Å². The van der Waals surface area contributed by atoms with Gasteiger partial charge in [-0.2, -0.15) is 0 Å². The molecule has 1 aromatic heterocycles. The monoisotopic (exact) mass is 442 g/mol. The van der Waals surface area contributed by atoms with Crippen LogP contribution in [0, 0.1) is 0 Å². The van der Waals surface area contributed by atoms with Gasteiger partial charge in [-0.05, 0) is 22.8 Å². The molecule has 4 N–H and O–H groups in total. The molecule has 1 aromatic carbocycles. The molecule has 3 aliphatic heterocycles. The van der Waals surface area contributed by atoms with Crippen molar-refractivity contribution in [2.24, 2.45) is 0 Å². The number of piperazine rings is 1. The largest absolute Gasteiger partial charge is 0.479 e. The second kappa shape index (κ2) is 7.79. The quantitative estimate of drug-likeness (QED) is 0.475.